The minimum atomic E-state index is -4.50. The molecule has 0 saturated heterocycles. The highest BCUT2D eigenvalue weighted by Crippen LogP contribution is 2.31. The minimum Gasteiger partial charge on any atom is -0.325 e. The molecule has 2 aromatic heterocycles. The molecule has 5 nitrogen and oxygen atoms in total. The van der Waals surface area contributed by atoms with E-state index in [-0.39, 0.29) is 17.0 Å². The summed E-state index contributed by atoms with van der Waals surface area (Å²) in [6.07, 6.45) is -4.50. The molecule has 0 aliphatic rings. The van der Waals surface area contributed by atoms with Gasteiger partial charge in [-0.05, 0) is 66.8 Å². The van der Waals surface area contributed by atoms with Crippen molar-refractivity contribution in [2.75, 3.05) is 11.1 Å². The molecule has 4 rings (SSSR count). The van der Waals surface area contributed by atoms with Crippen molar-refractivity contribution < 1.29 is 18.0 Å². The number of nitrogens with zero attached hydrogens (tertiary/aromatic N) is 2. The van der Waals surface area contributed by atoms with Gasteiger partial charge in [0.25, 0.3) is 5.56 Å². The van der Waals surface area contributed by atoms with Gasteiger partial charge in [-0.3, -0.25) is 14.2 Å². The monoisotopic (exact) mass is 489 g/mol. The Balaban J connectivity index is 1.62. The number of nitrogens with one attached hydrogen (secondary N) is 1. The van der Waals surface area contributed by atoms with Crippen molar-refractivity contribution in [2.45, 2.75) is 25.2 Å². The van der Waals surface area contributed by atoms with Crippen LogP contribution < -0.4 is 10.9 Å². The Hall–Kier alpha value is -3.11. The molecule has 0 radical (unpaired) electrons. The first-order valence-corrected chi connectivity index (χ1v) is 11.7. The number of anilines is 1. The van der Waals surface area contributed by atoms with Crippen LogP contribution >= 0.6 is 23.1 Å². The molecule has 0 bridgehead atoms. The summed E-state index contributed by atoms with van der Waals surface area (Å²) in [6.45, 7) is 3.91. The second-order valence-electron chi connectivity index (χ2n) is 7.35. The predicted octanol–water partition coefficient (Wildman–Crippen LogP) is 5.81. The van der Waals surface area contributed by atoms with E-state index in [1.807, 2.05) is 32.0 Å². The Kier molecular flexibility index (Phi) is 6.31. The van der Waals surface area contributed by atoms with Gasteiger partial charge >= 0.3 is 6.18 Å². The van der Waals surface area contributed by atoms with Gasteiger partial charge in [0, 0.05) is 5.69 Å². The number of thioether (sulfide) groups is 1. The Morgan fingerprint density at radius 3 is 2.64 bits per heavy atom. The first kappa shape index (κ1) is 23.1. The third-order valence-electron chi connectivity index (χ3n) is 5.00. The van der Waals surface area contributed by atoms with E-state index in [2.05, 4.69) is 10.3 Å². The number of hydrogen-bond donors (Lipinski definition) is 1. The summed E-state index contributed by atoms with van der Waals surface area (Å²) in [5.41, 5.74) is 2.21. The summed E-state index contributed by atoms with van der Waals surface area (Å²) in [5, 5.41) is 4.58. The van der Waals surface area contributed by atoms with Crippen LogP contribution in [0.25, 0.3) is 15.9 Å². The number of carbonyl (C=O) groups excluding carboxylic acids is 1. The number of halogens is 3. The Morgan fingerprint density at radius 2 is 1.91 bits per heavy atom. The highest BCUT2D eigenvalue weighted by Gasteiger charge is 2.30. The minimum absolute atomic E-state index is 0.0446. The smallest absolute Gasteiger partial charge is 0.325 e. The van der Waals surface area contributed by atoms with Crippen molar-refractivity contribution in [3.05, 3.63) is 81.0 Å². The topological polar surface area (TPSA) is 64.0 Å². The van der Waals surface area contributed by atoms with Gasteiger partial charge in [-0.15, -0.1) is 11.3 Å². The van der Waals surface area contributed by atoms with Crippen molar-refractivity contribution in [1.29, 1.82) is 0 Å². The first-order chi connectivity index (χ1) is 15.6. The summed E-state index contributed by atoms with van der Waals surface area (Å²) in [5.74, 6) is -0.644. The van der Waals surface area contributed by atoms with Crippen LogP contribution in [0.1, 0.15) is 16.7 Å². The van der Waals surface area contributed by atoms with E-state index in [9.17, 15) is 22.8 Å². The van der Waals surface area contributed by atoms with E-state index in [0.717, 1.165) is 35.0 Å². The second-order valence-corrected chi connectivity index (χ2v) is 9.21. The van der Waals surface area contributed by atoms with Crippen LogP contribution in [0, 0.1) is 13.8 Å². The van der Waals surface area contributed by atoms with Gasteiger partial charge in [0.2, 0.25) is 5.91 Å². The molecule has 1 N–H and O–H groups in total. The van der Waals surface area contributed by atoms with Gasteiger partial charge < -0.3 is 5.32 Å². The maximum absolute atomic E-state index is 13.2. The molecule has 2 aromatic carbocycles. The molecular weight excluding hydrogens is 471 g/mol. The predicted molar refractivity (Wildman–Crippen MR) is 125 cm³/mol. The average Bonchev–Trinajstić information content (AvgIpc) is 3.23. The number of aromatic nitrogens is 2. The third-order valence-corrected chi connectivity index (χ3v) is 6.83. The number of thiophene rings is 1. The summed E-state index contributed by atoms with van der Waals surface area (Å²) >= 11 is 2.34. The van der Waals surface area contributed by atoms with Crippen LogP contribution in [0.4, 0.5) is 18.9 Å². The summed E-state index contributed by atoms with van der Waals surface area (Å²) in [6, 6.07) is 11.8. The van der Waals surface area contributed by atoms with E-state index in [1.54, 1.807) is 11.4 Å². The fourth-order valence-electron chi connectivity index (χ4n) is 3.18. The molecule has 4 aromatic rings. The van der Waals surface area contributed by atoms with Crippen LogP contribution in [-0.2, 0) is 11.0 Å². The molecule has 2 heterocycles. The number of hydrogen-bond acceptors (Lipinski definition) is 5. The number of benzene rings is 2. The van der Waals surface area contributed by atoms with Gasteiger partial charge in [-0.2, -0.15) is 13.2 Å². The van der Waals surface area contributed by atoms with Gasteiger partial charge in [-0.1, -0.05) is 23.9 Å². The van der Waals surface area contributed by atoms with Crippen molar-refractivity contribution in [3.63, 3.8) is 0 Å². The quantitative estimate of drug-likeness (QED) is 0.284. The summed E-state index contributed by atoms with van der Waals surface area (Å²) < 4.78 is 40.7. The lowest BCUT2D eigenvalue weighted by atomic mass is 10.1. The zero-order chi connectivity index (χ0) is 23.8. The highest BCUT2D eigenvalue weighted by molar-refractivity contribution is 7.99. The van der Waals surface area contributed by atoms with Crippen LogP contribution in [-0.4, -0.2) is 21.2 Å². The zero-order valence-corrected chi connectivity index (χ0v) is 19.2. The average molecular weight is 490 g/mol. The largest absolute Gasteiger partial charge is 0.416 e. The lowest BCUT2D eigenvalue weighted by Crippen LogP contribution is -2.22. The molecule has 0 aliphatic carbocycles. The maximum Gasteiger partial charge on any atom is 0.416 e. The van der Waals surface area contributed by atoms with Crippen molar-refractivity contribution in [3.8, 4) is 5.69 Å². The summed E-state index contributed by atoms with van der Waals surface area (Å²) in [4.78, 5) is 30.2. The van der Waals surface area contributed by atoms with Gasteiger partial charge in [0.15, 0.2) is 5.16 Å². The fourth-order valence-corrected chi connectivity index (χ4v) is 4.75. The van der Waals surface area contributed by atoms with E-state index < -0.39 is 17.6 Å². The van der Waals surface area contributed by atoms with Crippen LogP contribution in [0.15, 0.2) is 63.9 Å². The van der Waals surface area contributed by atoms with E-state index >= 15 is 0 Å². The number of fused-ring (bicyclic) bond motifs is 1. The Morgan fingerprint density at radius 1 is 1.12 bits per heavy atom. The lowest BCUT2D eigenvalue weighted by molar-refractivity contribution is -0.137. The van der Waals surface area contributed by atoms with Gasteiger partial charge in [0.1, 0.15) is 4.70 Å². The lowest BCUT2D eigenvalue weighted by Gasteiger charge is -2.14. The molecule has 0 aliphatic heterocycles. The zero-order valence-electron chi connectivity index (χ0n) is 17.6. The standard InChI is InChI=1S/C23H18F3N3O2S2/c1-13-6-7-17(10-14(13)2)29-21(31)20-18(8-9-32-20)28-22(29)33-12-19(30)27-16-5-3-4-15(11-16)23(24,25)26/h3-11H,12H2,1-2H3,(H,27,30). The van der Waals surface area contributed by atoms with Crippen LogP contribution in [0.5, 0.6) is 0 Å². The van der Waals surface area contributed by atoms with Gasteiger partial charge in [-0.25, -0.2) is 4.98 Å². The molecule has 33 heavy (non-hydrogen) atoms. The Bertz CT molecular complexity index is 1410. The van der Waals surface area contributed by atoms with E-state index in [1.165, 1.54) is 28.0 Å². The summed E-state index contributed by atoms with van der Waals surface area (Å²) in [7, 11) is 0. The normalized spacial score (nSPS) is 11.7. The van der Waals surface area contributed by atoms with Crippen molar-refractivity contribution >= 4 is 44.9 Å². The Labute approximate surface area is 195 Å². The molecule has 0 saturated carbocycles. The van der Waals surface area contributed by atoms with Gasteiger partial charge in [0.05, 0.1) is 22.5 Å². The van der Waals surface area contributed by atoms with Crippen molar-refractivity contribution in [2.24, 2.45) is 0 Å². The molecule has 0 fully saturated rings. The number of alkyl halides is 3. The van der Waals surface area contributed by atoms with E-state index in [0.29, 0.717) is 21.1 Å². The first-order valence-electron chi connectivity index (χ1n) is 9.81. The molecule has 0 atom stereocenters. The molecule has 170 valence electrons. The third kappa shape index (κ3) is 4.96. The SMILES string of the molecule is Cc1ccc(-n2c(SCC(=O)Nc3cccc(C(F)(F)F)c3)nc3ccsc3c2=O)cc1C. The highest BCUT2D eigenvalue weighted by atomic mass is 32.2. The number of aryl methyl sites for hydroxylation is 2. The van der Waals surface area contributed by atoms with Crippen molar-refractivity contribution in [1.82, 2.24) is 9.55 Å². The van der Waals surface area contributed by atoms with Crippen LogP contribution in [0.2, 0.25) is 0 Å². The van der Waals surface area contributed by atoms with Crippen LogP contribution in [0.3, 0.4) is 0 Å². The fraction of sp³-hybridized carbons (Fsp3) is 0.174. The molecule has 10 heteroatoms. The van der Waals surface area contributed by atoms with E-state index in [4.69, 9.17) is 0 Å². The molecule has 0 spiro atoms. The number of carbonyl (C=O) groups is 1. The molecule has 1 amide bonds. The maximum atomic E-state index is 13.2. The number of rotatable bonds is 5. The second kappa shape index (κ2) is 9.03. The molecular formula is C23H18F3N3O2S2. The number of amides is 1. The molecule has 0 unspecified atom stereocenters.